The fraction of sp³-hybridized carbons (Fsp3) is 0.458. The van der Waals surface area contributed by atoms with Gasteiger partial charge in [-0.2, -0.15) is 18.3 Å². The number of unbranched alkanes of at least 4 members (excludes halogenated alkanes) is 1. The topological polar surface area (TPSA) is 95.3 Å². The first kappa shape index (κ1) is 28.3. The van der Waals surface area contributed by atoms with E-state index in [0.717, 1.165) is 16.5 Å². The highest BCUT2D eigenvalue weighted by Crippen LogP contribution is 2.34. The maximum atomic E-state index is 13.6. The van der Waals surface area contributed by atoms with Gasteiger partial charge in [-0.3, -0.25) is 4.79 Å². The third-order valence-electron chi connectivity index (χ3n) is 5.65. The van der Waals surface area contributed by atoms with E-state index in [4.69, 9.17) is 0 Å². The zero-order valence-corrected chi connectivity index (χ0v) is 21.6. The molecule has 2 aromatic rings. The summed E-state index contributed by atoms with van der Waals surface area (Å²) in [6, 6.07) is 2.61. The summed E-state index contributed by atoms with van der Waals surface area (Å²) in [5.74, 6) is -3.78. The molecule has 0 bridgehead atoms. The molecular weight excluding hydrogens is 485 g/mol. The van der Waals surface area contributed by atoms with Crippen LogP contribution in [-0.2, 0) is 21.2 Å². The largest absolute Gasteiger partial charge is 0.491 e. The number of alkyl halides is 3. The van der Waals surface area contributed by atoms with Crippen LogP contribution in [0.5, 0.6) is 5.88 Å². The number of carbonyl (C=O) groups excluding carboxylic acids is 2. The minimum absolute atomic E-state index is 0.0318. The molecule has 1 heterocycles. The van der Waals surface area contributed by atoms with Crippen molar-refractivity contribution in [1.82, 2.24) is 9.78 Å². The van der Waals surface area contributed by atoms with Crippen LogP contribution in [0, 0.1) is 13.8 Å². The van der Waals surface area contributed by atoms with Gasteiger partial charge < -0.3 is 4.74 Å². The van der Waals surface area contributed by atoms with Gasteiger partial charge in [0, 0.05) is 18.4 Å². The molecule has 0 fully saturated rings. The van der Waals surface area contributed by atoms with Crippen LogP contribution in [0.4, 0.5) is 13.2 Å². The number of ether oxygens (including phenoxy) is 1. The smallest absolute Gasteiger partial charge is 0.400 e. The van der Waals surface area contributed by atoms with Crippen molar-refractivity contribution in [2.24, 2.45) is 0 Å². The van der Waals surface area contributed by atoms with Gasteiger partial charge in [-0.15, -0.1) is 0 Å². The van der Waals surface area contributed by atoms with Gasteiger partial charge in [-0.1, -0.05) is 18.9 Å². The van der Waals surface area contributed by atoms with Gasteiger partial charge in [0.1, 0.15) is 5.56 Å². The number of nitrogens with zero attached hydrogens (tertiary/aromatic N) is 2. The first-order valence-corrected chi connectivity index (χ1v) is 12.8. The van der Waals surface area contributed by atoms with Crippen molar-refractivity contribution in [3.8, 4) is 5.88 Å². The first-order valence-electron chi connectivity index (χ1n) is 10.9. The fourth-order valence-corrected chi connectivity index (χ4v) is 4.62. The van der Waals surface area contributed by atoms with Gasteiger partial charge in [0.2, 0.25) is 11.7 Å². The molecule has 0 saturated carbocycles. The first-order chi connectivity index (χ1) is 16.0. The molecule has 2 rings (SSSR count). The van der Waals surface area contributed by atoms with E-state index in [9.17, 15) is 31.2 Å². The van der Waals surface area contributed by atoms with Gasteiger partial charge in [0.25, 0.3) is 0 Å². The molecule has 0 unspecified atom stereocenters. The number of aromatic nitrogens is 2. The molecule has 0 amide bonds. The molecule has 7 nitrogen and oxygen atoms in total. The number of rotatable bonds is 8. The van der Waals surface area contributed by atoms with E-state index in [0.29, 0.717) is 29.5 Å². The predicted molar refractivity (Wildman–Crippen MR) is 125 cm³/mol. The summed E-state index contributed by atoms with van der Waals surface area (Å²) in [6.45, 7) is 10.3. The Balaban J connectivity index is 2.80. The minimum atomic E-state index is -5.27. The summed E-state index contributed by atoms with van der Waals surface area (Å²) in [5, 5.41) is 4.15. The van der Waals surface area contributed by atoms with Crippen molar-refractivity contribution < 1.29 is 35.9 Å². The minimum Gasteiger partial charge on any atom is -0.400 e. The molecule has 11 heteroatoms. The van der Waals surface area contributed by atoms with Crippen LogP contribution in [-0.4, -0.2) is 42.4 Å². The Morgan fingerprint density at radius 1 is 1.09 bits per heavy atom. The molecule has 1 aromatic carbocycles. The summed E-state index contributed by atoms with van der Waals surface area (Å²) in [7, 11) is -3.65. The average Bonchev–Trinajstić information content (AvgIpc) is 3.04. The molecule has 0 atom stereocenters. The lowest BCUT2D eigenvalue weighted by molar-refractivity contribution is -0.190. The van der Waals surface area contributed by atoms with E-state index in [1.165, 1.54) is 19.1 Å². The van der Waals surface area contributed by atoms with Crippen molar-refractivity contribution >= 4 is 27.2 Å². The highest BCUT2D eigenvalue weighted by Gasteiger charge is 2.43. The molecule has 1 aromatic heterocycles. The van der Waals surface area contributed by atoms with E-state index in [1.807, 2.05) is 6.92 Å². The van der Waals surface area contributed by atoms with Gasteiger partial charge in [-0.25, -0.2) is 17.9 Å². The molecule has 0 aliphatic rings. The summed E-state index contributed by atoms with van der Waals surface area (Å²) >= 11 is 0. The Bertz CT molecular complexity index is 1300. The van der Waals surface area contributed by atoms with Crippen LogP contribution in [0.2, 0.25) is 0 Å². The van der Waals surface area contributed by atoms with Gasteiger partial charge >= 0.3 is 12.1 Å². The number of ketones is 1. The van der Waals surface area contributed by atoms with Crippen molar-refractivity contribution in [3.05, 3.63) is 45.7 Å². The number of aryl methyl sites for hydroxylation is 2. The van der Waals surface area contributed by atoms with Crippen LogP contribution in [0.25, 0.3) is 5.57 Å². The van der Waals surface area contributed by atoms with Crippen molar-refractivity contribution in [1.29, 1.82) is 0 Å². The third kappa shape index (κ3) is 6.01. The summed E-state index contributed by atoms with van der Waals surface area (Å²) < 4.78 is 69.5. The van der Waals surface area contributed by atoms with Crippen LogP contribution >= 0.6 is 0 Å². The number of allylic oxidation sites excluding steroid dienone is 2. The van der Waals surface area contributed by atoms with Gasteiger partial charge in [0.15, 0.2) is 9.84 Å². The zero-order chi connectivity index (χ0) is 26.9. The zero-order valence-electron chi connectivity index (χ0n) is 20.8. The lowest BCUT2D eigenvalue weighted by atomic mass is 9.91. The molecule has 35 heavy (non-hydrogen) atoms. The Morgan fingerprint density at radius 2 is 1.69 bits per heavy atom. The van der Waals surface area contributed by atoms with Crippen LogP contribution in [0.1, 0.15) is 73.3 Å². The van der Waals surface area contributed by atoms with Gasteiger partial charge in [0.05, 0.1) is 10.6 Å². The second-order valence-electron chi connectivity index (χ2n) is 8.57. The monoisotopic (exact) mass is 514 g/mol. The maximum Gasteiger partial charge on any atom is 0.491 e. The SMILES string of the molecule is CCCCn1nc(C)c(C(=O)c2ccc(S(C)(=O)=O)c(C(C)=C(C)C)c2C)c1OC(=O)C(F)(F)F. The number of halogens is 3. The summed E-state index contributed by atoms with van der Waals surface area (Å²) in [5.41, 5.74) is 2.03. The van der Waals surface area contributed by atoms with Crippen LogP contribution < -0.4 is 4.74 Å². The van der Waals surface area contributed by atoms with Crippen LogP contribution in [0.3, 0.4) is 0 Å². The Morgan fingerprint density at radius 3 is 2.17 bits per heavy atom. The molecule has 0 aliphatic carbocycles. The standard InChI is InChI=1S/C24H29F3N2O5S/c1-8-9-12-29-22(34-23(31)24(25,26)27)20(16(6)28-29)21(30)17-10-11-18(35(7,32)33)19(15(17)5)14(4)13(2)3/h10-11H,8-9,12H2,1-7H3. The number of esters is 1. The molecule has 0 N–H and O–H groups in total. The number of carbonyl (C=O) groups is 2. The number of hydrogen-bond acceptors (Lipinski definition) is 6. The quantitative estimate of drug-likeness (QED) is 0.354. The summed E-state index contributed by atoms with van der Waals surface area (Å²) in [6.07, 6.45) is -3.00. The third-order valence-corrected chi connectivity index (χ3v) is 6.79. The Kier molecular flexibility index (Phi) is 8.36. The fourth-order valence-electron chi connectivity index (χ4n) is 3.62. The molecular formula is C24H29F3N2O5S. The maximum absolute atomic E-state index is 13.6. The molecule has 192 valence electrons. The van der Waals surface area contributed by atoms with E-state index in [-0.39, 0.29) is 28.3 Å². The lowest BCUT2D eigenvalue weighted by Gasteiger charge is -2.17. The predicted octanol–water partition coefficient (Wildman–Crippen LogP) is 5.22. The highest BCUT2D eigenvalue weighted by atomic mass is 32.2. The van der Waals surface area contributed by atoms with Crippen molar-refractivity contribution in [3.63, 3.8) is 0 Å². The molecule has 0 radical (unpaired) electrons. The molecule has 0 aliphatic heterocycles. The van der Waals surface area contributed by atoms with Crippen molar-refractivity contribution in [2.75, 3.05) is 6.26 Å². The number of hydrogen-bond donors (Lipinski definition) is 0. The Hall–Kier alpha value is -2.95. The normalized spacial score (nSPS) is 11.9. The second-order valence-corrected chi connectivity index (χ2v) is 10.6. The van der Waals surface area contributed by atoms with Gasteiger partial charge in [-0.05, 0) is 69.9 Å². The van der Waals surface area contributed by atoms with E-state index in [2.05, 4.69) is 9.84 Å². The average molecular weight is 515 g/mol. The highest BCUT2D eigenvalue weighted by molar-refractivity contribution is 7.90. The van der Waals surface area contributed by atoms with E-state index in [1.54, 1.807) is 27.7 Å². The molecule has 0 saturated heterocycles. The van der Waals surface area contributed by atoms with Crippen LogP contribution in [0.15, 0.2) is 22.6 Å². The lowest BCUT2D eigenvalue weighted by Crippen LogP contribution is -2.29. The summed E-state index contributed by atoms with van der Waals surface area (Å²) in [4.78, 5) is 25.3. The van der Waals surface area contributed by atoms with E-state index >= 15 is 0 Å². The van der Waals surface area contributed by atoms with Crippen molar-refractivity contribution in [2.45, 2.75) is 72.0 Å². The molecule has 0 spiro atoms. The number of sulfone groups is 1. The number of benzene rings is 1. The van der Waals surface area contributed by atoms with E-state index < -0.39 is 33.6 Å². The second kappa shape index (κ2) is 10.3. The Labute approximate surface area is 202 Å².